The molecule has 1 aliphatic carbocycles. The largest absolute Gasteiger partial charge is 0.392 e. The number of carbonyl (C=O) groups excluding carboxylic acids is 1. The molecule has 104 valence electrons. The molecule has 0 radical (unpaired) electrons. The number of aliphatic hydroxyl groups is 1. The van der Waals surface area contributed by atoms with E-state index in [4.69, 9.17) is 0 Å². The summed E-state index contributed by atoms with van der Waals surface area (Å²) >= 11 is 0. The minimum absolute atomic E-state index is 0.0406. The smallest absolute Gasteiger partial charge is 0.230 e. The highest BCUT2D eigenvalue weighted by atomic mass is 16.3. The van der Waals surface area contributed by atoms with E-state index in [1.54, 1.807) is 0 Å². The van der Waals surface area contributed by atoms with Crippen LogP contribution in [0.4, 0.5) is 5.69 Å². The van der Waals surface area contributed by atoms with Crippen LogP contribution in [0.15, 0.2) is 18.2 Å². The van der Waals surface area contributed by atoms with E-state index in [0.717, 1.165) is 36.1 Å². The molecule has 1 aromatic carbocycles. The number of amides is 1. The van der Waals surface area contributed by atoms with Gasteiger partial charge in [0.1, 0.15) is 0 Å². The number of hydrogen-bond donors (Lipinski definition) is 2. The number of para-hydroxylation sites is 1. The zero-order valence-electron chi connectivity index (χ0n) is 11.9. The number of hydrogen-bond acceptors (Lipinski definition) is 2. The molecule has 19 heavy (non-hydrogen) atoms. The quantitative estimate of drug-likeness (QED) is 0.877. The third-order valence-electron chi connectivity index (χ3n) is 3.99. The standard InChI is InChI=1S/C16H23NO2/c1-10(2)12-7-4-6-11(3)15(12)17-16(19)13-8-5-9-14(13)18/h4,6-7,10,13-14,18H,5,8-9H2,1-3H3,(H,17,19). The van der Waals surface area contributed by atoms with Crippen molar-refractivity contribution >= 4 is 11.6 Å². The lowest BCUT2D eigenvalue weighted by molar-refractivity contribution is -0.122. The molecule has 0 saturated heterocycles. The van der Waals surface area contributed by atoms with Crippen molar-refractivity contribution in [3.8, 4) is 0 Å². The maximum Gasteiger partial charge on any atom is 0.230 e. The summed E-state index contributed by atoms with van der Waals surface area (Å²) in [4.78, 5) is 12.3. The molecule has 0 heterocycles. The fourth-order valence-electron chi connectivity index (χ4n) is 2.80. The Morgan fingerprint density at radius 3 is 2.68 bits per heavy atom. The van der Waals surface area contributed by atoms with E-state index in [0.29, 0.717) is 5.92 Å². The molecule has 1 aliphatic rings. The molecule has 2 unspecified atom stereocenters. The first-order chi connectivity index (χ1) is 9.00. The van der Waals surface area contributed by atoms with Gasteiger partial charge in [-0.1, -0.05) is 32.0 Å². The molecule has 0 aliphatic heterocycles. The summed E-state index contributed by atoms with van der Waals surface area (Å²) in [6.07, 6.45) is 1.98. The van der Waals surface area contributed by atoms with Gasteiger partial charge in [-0.3, -0.25) is 4.79 Å². The summed E-state index contributed by atoms with van der Waals surface area (Å²) < 4.78 is 0. The topological polar surface area (TPSA) is 49.3 Å². The molecule has 3 nitrogen and oxygen atoms in total. The molecule has 2 atom stereocenters. The summed E-state index contributed by atoms with van der Waals surface area (Å²) in [5.74, 6) is 0.0736. The number of anilines is 1. The maximum atomic E-state index is 12.3. The van der Waals surface area contributed by atoms with Gasteiger partial charge in [-0.15, -0.1) is 0 Å². The van der Waals surface area contributed by atoms with Gasteiger partial charge in [0.15, 0.2) is 0 Å². The molecular formula is C16H23NO2. The predicted octanol–water partition coefficient (Wildman–Crippen LogP) is 3.22. The Morgan fingerprint density at radius 2 is 2.11 bits per heavy atom. The lowest BCUT2D eigenvalue weighted by Crippen LogP contribution is -2.29. The van der Waals surface area contributed by atoms with E-state index >= 15 is 0 Å². The predicted molar refractivity (Wildman–Crippen MR) is 77.2 cm³/mol. The Bertz CT molecular complexity index is 468. The third-order valence-corrected chi connectivity index (χ3v) is 3.99. The summed E-state index contributed by atoms with van der Waals surface area (Å²) in [5.41, 5.74) is 3.15. The van der Waals surface area contributed by atoms with Crippen LogP contribution in [0.5, 0.6) is 0 Å². The van der Waals surface area contributed by atoms with Gasteiger partial charge in [-0.05, 0) is 43.2 Å². The highest BCUT2D eigenvalue weighted by molar-refractivity contribution is 5.94. The van der Waals surface area contributed by atoms with Gasteiger partial charge in [0.25, 0.3) is 0 Å². The van der Waals surface area contributed by atoms with Gasteiger partial charge in [0.05, 0.1) is 12.0 Å². The summed E-state index contributed by atoms with van der Waals surface area (Å²) in [5, 5.41) is 12.9. The van der Waals surface area contributed by atoms with Crippen LogP contribution in [-0.4, -0.2) is 17.1 Å². The monoisotopic (exact) mass is 261 g/mol. The number of carbonyl (C=O) groups is 1. The highest BCUT2D eigenvalue weighted by Gasteiger charge is 2.31. The fourth-order valence-corrected chi connectivity index (χ4v) is 2.80. The van der Waals surface area contributed by atoms with Crippen LogP contribution >= 0.6 is 0 Å². The van der Waals surface area contributed by atoms with Crippen LogP contribution in [0.3, 0.4) is 0 Å². The number of aryl methyl sites for hydroxylation is 1. The molecule has 2 N–H and O–H groups in total. The molecule has 0 spiro atoms. The molecule has 1 amide bonds. The molecule has 1 fully saturated rings. The minimum atomic E-state index is -0.480. The lowest BCUT2D eigenvalue weighted by atomic mass is 9.97. The molecule has 3 heteroatoms. The number of aliphatic hydroxyl groups excluding tert-OH is 1. The Hall–Kier alpha value is -1.35. The van der Waals surface area contributed by atoms with Crippen LogP contribution in [0.1, 0.15) is 50.2 Å². The Kier molecular flexibility index (Phi) is 4.25. The van der Waals surface area contributed by atoms with Crippen LogP contribution in [-0.2, 0) is 4.79 Å². The van der Waals surface area contributed by atoms with Gasteiger partial charge in [0, 0.05) is 5.69 Å². The second kappa shape index (κ2) is 5.74. The van der Waals surface area contributed by atoms with Crippen molar-refractivity contribution in [3.63, 3.8) is 0 Å². The van der Waals surface area contributed by atoms with Gasteiger partial charge in [-0.25, -0.2) is 0 Å². The van der Waals surface area contributed by atoms with Crippen molar-refractivity contribution in [2.75, 3.05) is 5.32 Å². The molecule has 0 aromatic heterocycles. The fraction of sp³-hybridized carbons (Fsp3) is 0.562. The van der Waals surface area contributed by atoms with Crippen LogP contribution in [0, 0.1) is 12.8 Å². The van der Waals surface area contributed by atoms with E-state index < -0.39 is 6.10 Å². The van der Waals surface area contributed by atoms with Gasteiger partial charge in [0.2, 0.25) is 5.91 Å². The van der Waals surface area contributed by atoms with Crippen molar-refractivity contribution in [1.29, 1.82) is 0 Å². The third kappa shape index (κ3) is 2.98. The van der Waals surface area contributed by atoms with Gasteiger partial charge < -0.3 is 10.4 Å². The zero-order valence-corrected chi connectivity index (χ0v) is 11.9. The Morgan fingerprint density at radius 1 is 1.37 bits per heavy atom. The van der Waals surface area contributed by atoms with E-state index in [-0.39, 0.29) is 11.8 Å². The Balaban J connectivity index is 2.21. The second-order valence-corrected chi connectivity index (χ2v) is 5.79. The van der Waals surface area contributed by atoms with Crippen molar-refractivity contribution in [3.05, 3.63) is 29.3 Å². The van der Waals surface area contributed by atoms with E-state index in [9.17, 15) is 9.90 Å². The molecular weight excluding hydrogens is 238 g/mol. The summed E-state index contributed by atoms with van der Waals surface area (Å²) in [7, 11) is 0. The van der Waals surface area contributed by atoms with E-state index in [1.165, 1.54) is 0 Å². The number of rotatable bonds is 3. The van der Waals surface area contributed by atoms with Crippen LogP contribution in [0.2, 0.25) is 0 Å². The Labute approximate surface area is 115 Å². The maximum absolute atomic E-state index is 12.3. The summed E-state index contributed by atoms with van der Waals surface area (Å²) in [6.45, 7) is 6.25. The molecule has 0 bridgehead atoms. The average molecular weight is 261 g/mol. The van der Waals surface area contributed by atoms with Gasteiger partial charge in [-0.2, -0.15) is 0 Å². The van der Waals surface area contributed by atoms with Crippen molar-refractivity contribution in [1.82, 2.24) is 0 Å². The second-order valence-electron chi connectivity index (χ2n) is 5.79. The minimum Gasteiger partial charge on any atom is -0.392 e. The first-order valence-corrected chi connectivity index (χ1v) is 7.09. The summed E-state index contributed by atoms with van der Waals surface area (Å²) in [6, 6.07) is 6.08. The van der Waals surface area contributed by atoms with Crippen molar-refractivity contribution < 1.29 is 9.90 Å². The molecule has 2 rings (SSSR count). The zero-order chi connectivity index (χ0) is 14.0. The van der Waals surface area contributed by atoms with Crippen LogP contribution < -0.4 is 5.32 Å². The molecule has 1 aromatic rings. The highest BCUT2D eigenvalue weighted by Crippen LogP contribution is 2.31. The number of nitrogens with one attached hydrogen (secondary N) is 1. The number of benzene rings is 1. The van der Waals surface area contributed by atoms with Gasteiger partial charge >= 0.3 is 0 Å². The first kappa shape index (κ1) is 14.1. The van der Waals surface area contributed by atoms with Crippen molar-refractivity contribution in [2.45, 2.75) is 52.1 Å². The van der Waals surface area contributed by atoms with Crippen LogP contribution in [0.25, 0.3) is 0 Å². The normalized spacial score (nSPS) is 22.8. The van der Waals surface area contributed by atoms with E-state index in [1.807, 2.05) is 19.1 Å². The van der Waals surface area contributed by atoms with E-state index in [2.05, 4.69) is 25.2 Å². The van der Waals surface area contributed by atoms with Crippen molar-refractivity contribution in [2.24, 2.45) is 5.92 Å². The first-order valence-electron chi connectivity index (χ1n) is 7.09. The lowest BCUT2D eigenvalue weighted by Gasteiger charge is -2.19. The molecule has 1 saturated carbocycles. The SMILES string of the molecule is Cc1cccc(C(C)C)c1NC(=O)C1CCCC1O. The average Bonchev–Trinajstić information content (AvgIpc) is 2.77.